The summed E-state index contributed by atoms with van der Waals surface area (Å²) in [5, 5.41) is 7.21. The van der Waals surface area contributed by atoms with Crippen molar-refractivity contribution < 1.29 is 9.47 Å². The van der Waals surface area contributed by atoms with Crippen LogP contribution in [0.2, 0.25) is 0 Å². The Morgan fingerprint density at radius 1 is 1.09 bits per heavy atom. The largest absolute Gasteiger partial charge is 0.454 e. The minimum absolute atomic E-state index is 0.277. The maximum absolute atomic E-state index is 5.42. The number of benzene rings is 2. The Morgan fingerprint density at radius 2 is 1.91 bits per heavy atom. The fourth-order valence-corrected chi connectivity index (χ4v) is 2.69. The highest BCUT2D eigenvalue weighted by atomic mass is 32.1. The standard InChI is InChI=1S/C16H13N3O2S/c22-16-18-17-15(12-4-2-1-3-5-12)19(16)9-11-6-7-13-14(8-11)21-10-20-13/h1-8H,9-10H2,(H,18,22). The number of aromatic nitrogens is 3. The molecule has 22 heavy (non-hydrogen) atoms. The van der Waals surface area contributed by atoms with E-state index in [1.807, 2.05) is 53.1 Å². The average molecular weight is 311 g/mol. The van der Waals surface area contributed by atoms with E-state index in [9.17, 15) is 0 Å². The molecule has 0 saturated carbocycles. The fraction of sp³-hybridized carbons (Fsp3) is 0.125. The number of hydrogen-bond donors (Lipinski definition) is 1. The van der Waals surface area contributed by atoms with Crippen LogP contribution >= 0.6 is 12.2 Å². The van der Waals surface area contributed by atoms with Crippen molar-refractivity contribution in [1.82, 2.24) is 14.8 Å². The number of aromatic amines is 1. The normalized spacial score (nSPS) is 12.5. The Labute approximate surface area is 132 Å². The van der Waals surface area contributed by atoms with Crippen molar-refractivity contribution in [3.05, 3.63) is 58.9 Å². The second-order valence-corrected chi connectivity index (χ2v) is 5.38. The van der Waals surface area contributed by atoms with Gasteiger partial charge in [0.05, 0.1) is 6.54 Å². The quantitative estimate of drug-likeness (QED) is 0.753. The summed E-state index contributed by atoms with van der Waals surface area (Å²) in [6.45, 7) is 0.898. The maximum atomic E-state index is 5.42. The third-order valence-corrected chi connectivity index (χ3v) is 3.88. The van der Waals surface area contributed by atoms with Crippen LogP contribution in [-0.4, -0.2) is 21.6 Å². The molecule has 2 heterocycles. The molecule has 1 aliphatic heterocycles. The van der Waals surface area contributed by atoms with Gasteiger partial charge >= 0.3 is 0 Å². The van der Waals surface area contributed by atoms with Gasteiger partial charge in [-0.1, -0.05) is 36.4 Å². The highest BCUT2D eigenvalue weighted by molar-refractivity contribution is 7.71. The lowest BCUT2D eigenvalue weighted by atomic mass is 10.2. The number of fused-ring (bicyclic) bond motifs is 1. The van der Waals surface area contributed by atoms with Crippen LogP contribution in [-0.2, 0) is 6.54 Å². The fourth-order valence-electron chi connectivity index (χ4n) is 2.49. The van der Waals surface area contributed by atoms with E-state index < -0.39 is 0 Å². The highest BCUT2D eigenvalue weighted by Gasteiger charge is 2.15. The lowest BCUT2D eigenvalue weighted by molar-refractivity contribution is 0.174. The van der Waals surface area contributed by atoms with E-state index in [1.54, 1.807) is 0 Å². The Morgan fingerprint density at radius 3 is 2.77 bits per heavy atom. The summed E-state index contributed by atoms with van der Waals surface area (Å²) in [6, 6.07) is 15.9. The number of rotatable bonds is 3. The molecule has 0 unspecified atom stereocenters. The van der Waals surface area contributed by atoms with E-state index in [4.69, 9.17) is 21.7 Å². The molecule has 0 fully saturated rings. The predicted molar refractivity (Wildman–Crippen MR) is 84.5 cm³/mol. The number of nitrogens with one attached hydrogen (secondary N) is 1. The van der Waals surface area contributed by atoms with E-state index in [0.29, 0.717) is 11.3 Å². The van der Waals surface area contributed by atoms with Crippen LogP contribution in [0, 0.1) is 4.77 Å². The van der Waals surface area contributed by atoms with Gasteiger partial charge in [0.25, 0.3) is 0 Å². The predicted octanol–water partition coefficient (Wildman–Crippen LogP) is 3.38. The second-order valence-electron chi connectivity index (χ2n) is 4.99. The third kappa shape index (κ3) is 2.27. The third-order valence-electron chi connectivity index (χ3n) is 3.57. The van der Waals surface area contributed by atoms with Crippen LogP contribution in [0.25, 0.3) is 11.4 Å². The molecule has 1 N–H and O–H groups in total. The van der Waals surface area contributed by atoms with Gasteiger partial charge in [-0.15, -0.1) is 0 Å². The molecular weight excluding hydrogens is 298 g/mol. The number of ether oxygens (including phenoxy) is 2. The Balaban J connectivity index is 1.72. The van der Waals surface area contributed by atoms with Gasteiger partial charge in [-0.2, -0.15) is 5.10 Å². The van der Waals surface area contributed by atoms with Gasteiger partial charge in [0.1, 0.15) is 0 Å². The van der Waals surface area contributed by atoms with E-state index in [1.165, 1.54) is 0 Å². The summed E-state index contributed by atoms with van der Waals surface area (Å²) < 4.78 is 13.3. The molecule has 0 saturated heterocycles. The van der Waals surface area contributed by atoms with Crippen molar-refractivity contribution in [2.24, 2.45) is 0 Å². The Kier molecular flexibility index (Phi) is 3.16. The lowest BCUT2D eigenvalue weighted by Crippen LogP contribution is -2.02. The summed E-state index contributed by atoms with van der Waals surface area (Å²) >= 11 is 5.36. The van der Waals surface area contributed by atoms with E-state index in [0.717, 1.165) is 28.5 Å². The SMILES string of the molecule is S=c1[nH]nc(-c2ccccc2)n1Cc1ccc2c(c1)OCO2. The van der Waals surface area contributed by atoms with Gasteiger partial charge in [-0.05, 0) is 29.9 Å². The molecule has 6 heteroatoms. The first-order valence-electron chi connectivity index (χ1n) is 6.90. The van der Waals surface area contributed by atoms with Crippen molar-refractivity contribution >= 4 is 12.2 Å². The van der Waals surface area contributed by atoms with Gasteiger partial charge in [-0.25, -0.2) is 0 Å². The van der Waals surface area contributed by atoms with Crippen LogP contribution < -0.4 is 9.47 Å². The molecule has 0 aliphatic carbocycles. The number of H-pyrrole nitrogens is 1. The van der Waals surface area contributed by atoms with Gasteiger partial charge in [0, 0.05) is 5.56 Å². The van der Waals surface area contributed by atoms with Crippen LogP contribution in [0.5, 0.6) is 11.5 Å². The average Bonchev–Trinajstić information content (AvgIpc) is 3.15. The molecule has 3 aromatic rings. The van der Waals surface area contributed by atoms with Gasteiger partial charge < -0.3 is 9.47 Å². The summed E-state index contributed by atoms with van der Waals surface area (Å²) in [5.41, 5.74) is 2.11. The molecular formula is C16H13N3O2S. The molecule has 5 nitrogen and oxygen atoms in total. The first-order chi connectivity index (χ1) is 10.8. The van der Waals surface area contributed by atoms with Crippen LogP contribution in [0.4, 0.5) is 0 Å². The molecule has 0 spiro atoms. The first kappa shape index (κ1) is 13.1. The van der Waals surface area contributed by atoms with Gasteiger partial charge in [0.2, 0.25) is 6.79 Å². The van der Waals surface area contributed by atoms with E-state index in [2.05, 4.69) is 10.2 Å². The van der Waals surface area contributed by atoms with Gasteiger partial charge in [0.15, 0.2) is 22.1 Å². The summed E-state index contributed by atoms with van der Waals surface area (Å²) in [6.07, 6.45) is 0. The van der Waals surface area contributed by atoms with Crippen molar-refractivity contribution in [1.29, 1.82) is 0 Å². The van der Waals surface area contributed by atoms with Crippen LogP contribution in [0.1, 0.15) is 5.56 Å². The first-order valence-corrected chi connectivity index (χ1v) is 7.31. The zero-order chi connectivity index (χ0) is 14.9. The van der Waals surface area contributed by atoms with Crippen LogP contribution in [0.15, 0.2) is 48.5 Å². The monoisotopic (exact) mass is 311 g/mol. The van der Waals surface area contributed by atoms with E-state index >= 15 is 0 Å². The van der Waals surface area contributed by atoms with E-state index in [-0.39, 0.29) is 6.79 Å². The zero-order valence-electron chi connectivity index (χ0n) is 11.7. The second kappa shape index (κ2) is 5.31. The lowest BCUT2D eigenvalue weighted by Gasteiger charge is -2.08. The summed E-state index contributed by atoms with van der Waals surface area (Å²) in [7, 11) is 0. The summed E-state index contributed by atoms with van der Waals surface area (Å²) in [4.78, 5) is 0. The topological polar surface area (TPSA) is 52.1 Å². The van der Waals surface area contributed by atoms with Gasteiger partial charge in [-0.3, -0.25) is 9.67 Å². The molecule has 4 rings (SSSR count). The molecule has 1 aromatic heterocycles. The van der Waals surface area contributed by atoms with Crippen molar-refractivity contribution in [3.63, 3.8) is 0 Å². The minimum Gasteiger partial charge on any atom is -0.454 e. The Bertz CT molecular complexity index is 871. The number of nitrogens with zero attached hydrogens (tertiary/aromatic N) is 2. The molecule has 0 radical (unpaired) electrons. The highest BCUT2D eigenvalue weighted by Crippen LogP contribution is 2.33. The molecule has 0 bridgehead atoms. The number of hydrogen-bond acceptors (Lipinski definition) is 4. The maximum Gasteiger partial charge on any atom is 0.231 e. The Hall–Kier alpha value is -2.60. The van der Waals surface area contributed by atoms with Crippen molar-refractivity contribution in [2.75, 3.05) is 6.79 Å². The molecule has 1 aliphatic rings. The summed E-state index contributed by atoms with van der Waals surface area (Å²) in [5.74, 6) is 2.37. The van der Waals surface area contributed by atoms with Crippen molar-refractivity contribution in [2.45, 2.75) is 6.54 Å². The molecule has 110 valence electrons. The van der Waals surface area contributed by atoms with Crippen molar-refractivity contribution in [3.8, 4) is 22.9 Å². The minimum atomic E-state index is 0.277. The smallest absolute Gasteiger partial charge is 0.231 e. The molecule has 0 atom stereocenters. The molecule has 0 amide bonds. The molecule has 2 aromatic carbocycles. The van der Waals surface area contributed by atoms with Crippen LogP contribution in [0.3, 0.4) is 0 Å². The zero-order valence-corrected chi connectivity index (χ0v) is 12.5.